The van der Waals surface area contributed by atoms with Crippen LogP contribution >= 0.6 is 23.7 Å². The lowest BCUT2D eigenvalue weighted by atomic mass is 10.0. The van der Waals surface area contributed by atoms with Crippen LogP contribution in [0.2, 0.25) is 0 Å². The average molecular weight is 379 g/mol. The molecule has 0 radical (unpaired) electrons. The zero-order chi connectivity index (χ0) is 16.2. The van der Waals surface area contributed by atoms with E-state index in [0.717, 1.165) is 30.2 Å². The monoisotopic (exact) mass is 378 g/mol. The lowest BCUT2D eigenvalue weighted by Gasteiger charge is -2.20. The van der Waals surface area contributed by atoms with Crippen LogP contribution in [0, 0.1) is 0 Å². The number of nitrogens with one attached hydrogen (secondary N) is 1. The highest BCUT2D eigenvalue weighted by Gasteiger charge is 2.18. The Morgan fingerprint density at radius 2 is 2.16 bits per heavy atom. The topological polar surface area (TPSA) is 77.8 Å². The van der Waals surface area contributed by atoms with E-state index in [1.807, 2.05) is 24.3 Å². The van der Waals surface area contributed by atoms with Crippen molar-refractivity contribution in [1.82, 2.24) is 30.5 Å². The second kappa shape index (κ2) is 8.37. The fraction of sp³-hybridized carbons (Fsp3) is 0.375. The van der Waals surface area contributed by atoms with Crippen molar-refractivity contribution in [2.45, 2.75) is 25.4 Å². The highest BCUT2D eigenvalue weighted by atomic mass is 35.5. The molecule has 9 heteroatoms. The Kier molecular flexibility index (Phi) is 5.95. The van der Waals surface area contributed by atoms with Crippen LogP contribution in [0.15, 0.2) is 36.0 Å². The van der Waals surface area contributed by atoms with Gasteiger partial charge in [-0.25, -0.2) is 9.67 Å². The first kappa shape index (κ1) is 17.8. The Hall–Kier alpha value is -2.03. The SMILES string of the molecule is Cl.c1cc(-n2cnnn2)ccc1OCc1csc(C2CCCNC2)n1. The predicted octanol–water partition coefficient (Wildman–Crippen LogP) is 2.59. The molecule has 7 nitrogen and oxygen atoms in total. The van der Waals surface area contributed by atoms with Crippen molar-refractivity contribution in [3.8, 4) is 11.4 Å². The van der Waals surface area contributed by atoms with Crippen molar-refractivity contribution < 1.29 is 4.74 Å². The summed E-state index contributed by atoms with van der Waals surface area (Å²) in [6, 6.07) is 7.67. The van der Waals surface area contributed by atoms with Gasteiger partial charge in [0.1, 0.15) is 18.7 Å². The maximum Gasteiger partial charge on any atom is 0.143 e. The molecule has 1 aliphatic rings. The number of hydrogen-bond donors (Lipinski definition) is 1. The molecule has 1 atom stereocenters. The Bertz CT molecular complexity index is 770. The number of tetrazole rings is 1. The van der Waals surface area contributed by atoms with Gasteiger partial charge in [0.25, 0.3) is 0 Å². The smallest absolute Gasteiger partial charge is 0.143 e. The Labute approximate surface area is 155 Å². The van der Waals surface area contributed by atoms with Crippen molar-refractivity contribution in [1.29, 1.82) is 0 Å². The number of benzene rings is 1. The van der Waals surface area contributed by atoms with Gasteiger partial charge < -0.3 is 10.1 Å². The molecule has 132 valence electrons. The molecule has 0 spiro atoms. The first-order chi connectivity index (χ1) is 11.9. The third-order valence-electron chi connectivity index (χ3n) is 4.05. The summed E-state index contributed by atoms with van der Waals surface area (Å²) in [6.45, 7) is 2.64. The molecule has 1 aromatic carbocycles. The summed E-state index contributed by atoms with van der Waals surface area (Å²) >= 11 is 1.74. The number of ether oxygens (including phenoxy) is 1. The molecule has 3 heterocycles. The molecule has 1 N–H and O–H groups in total. The van der Waals surface area contributed by atoms with E-state index >= 15 is 0 Å². The maximum atomic E-state index is 5.83. The summed E-state index contributed by atoms with van der Waals surface area (Å²) in [5, 5.41) is 17.9. The summed E-state index contributed by atoms with van der Waals surface area (Å²) in [5.41, 5.74) is 1.89. The van der Waals surface area contributed by atoms with Gasteiger partial charge >= 0.3 is 0 Å². The fourth-order valence-corrected chi connectivity index (χ4v) is 3.71. The molecule has 1 aliphatic heterocycles. The third kappa shape index (κ3) is 4.33. The quantitative estimate of drug-likeness (QED) is 0.735. The number of aromatic nitrogens is 5. The van der Waals surface area contributed by atoms with Gasteiger partial charge in [-0.1, -0.05) is 0 Å². The molecule has 3 aromatic rings. The summed E-state index contributed by atoms with van der Waals surface area (Å²) in [6.07, 6.45) is 4.01. The van der Waals surface area contributed by atoms with E-state index in [1.54, 1.807) is 22.3 Å². The van der Waals surface area contributed by atoms with Crippen molar-refractivity contribution in [2.24, 2.45) is 0 Å². The number of hydrogen-bond acceptors (Lipinski definition) is 7. The minimum Gasteiger partial charge on any atom is -0.487 e. The summed E-state index contributed by atoms with van der Waals surface area (Å²) < 4.78 is 7.44. The third-order valence-corrected chi connectivity index (χ3v) is 5.11. The van der Waals surface area contributed by atoms with Gasteiger partial charge in [0.2, 0.25) is 0 Å². The normalized spacial score (nSPS) is 17.0. The van der Waals surface area contributed by atoms with E-state index in [0.29, 0.717) is 12.5 Å². The number of thiazole rings is 1. The minimum absolute atomic E-state index is 0. The molecule has 0 saturated carbocycles. The molecule has 1 fully saturated rings. The Balaban J connectivity index is 0.00000182. The molecule has 0 aliphatic carbocycles. The summed E-state index contributed by atoms with van der Waals surface area (Å²) in [4.78, 5) is 4.73. The Morgan fingerprint density at radius 3 is 2.88 bits per heavy atom. The molecular weight excluding hydrogens is 360 g/mol. The molecule has 0 bridgehead atoms. The fourth-order valence-electron chi connectivity index (χ4n) is 2.77. The van der Waals surface area contributed by atoms with E-state index in [1.165, 1.54) is 17.8 Å². The molecule has 25 heavy (non-hydrogen) atoms. The van der Waals surface area contributed by atoms with Gasteiger partial charge in [0.05, 0.1) is 16.4 Å². The van der Waals surface area contributed by atoms with E-state index in [4.69, 9.17) is 9.72 Å². The summed E-state index contributed by atoms with van der Waals surface area (Å²) in [7, 11) is 0. The Morgan fingerprint density at radius 1 is 1.28 bits per heavy atom. The average Bonchev–Trinajstić information content (AvgIpc) is 3.33. The number of piperidine rings is 1. The molecule has 1 unspecified atom stereocenters. The number of halogens is 1. The minimum atomic E-state index is 0. The van der Waals surface area contributed by atoms with E-state index in [-0.39, 0.29) is 12.4 Å². The van der Waals surface area contributed by atoms with Crippen LogP contribution in [-0.4, -0.2) is 38.3 Å². The van der Waals surface area contributed by atoms with Crippen molar-refractivity contribution in [2.75, 3.05) is 13.1 Å². The van der Waals surface area contributed by atoms with E-state index < -0.39 is 0 Å². The first-order valence-electron chi connectivity index (χ1n) is 8.00. The highest BCUT2D eigenvalue weighted by Crippen LogP contribution is 2.26. The molecular formula is C16H19ClN6OS. The van der Waals surface area contributed by atoms with E-state index in [9.17, 15) is 0 Å². The van der Waals surface area contributed by atoms with Crippen LogP contribution in [0.4, 0.5) is 0 Å². The zero-order valence-electron chi connectivity index (χ0n) is 13.5. The van der Waals surface area contributed by atoms with Crippen LogP contribution < -0.4 is 10.1 Å². The van der Waals surface area contributed by atoms with Crippen LogP contribution in [0.5, 0.6) is 5.75 Å². The lowest BCUT2D eigenvalue weighted by molar-refractivity contribution is 0.301. The van der Waals surface area contributed by atoms with Gasteiger partial charge in [0, 0.05) is 17.8 Å². The lowest BCUT2D eigenvalue weighted by Crippen LogP contribution is -2.28. The second-order valence-electron chi connectivity index (χ2n) is 5.76. The van der Waals surface area contributed by atoms with Crippen molar-refractivity contribution in [3.63, 3.8) is 0 Å². The summed E-state index contributed by atoms with van der Waals surface area (Å²) in [5.74, 6) is 1.36. The van der Waals surface area contributed by atoms with Crippen LogP contribution in [0.25, 0.3) is 5.69 Å². The number of nitrogens with zero attached hydrogens (tertiary/aromatic N) is 5. The number of rotatable bonds is 5. The van der Waals surface area contributed by atoms with Crippen molar-refractivity contribution in [3.05, 3.63) is 46.7 Å². The highest BCUT2D eigenvalue weighted by molar-refractivity contribution is 7.09. The molecule has 0 amide bonds. The predicted molar refractivity (Wildman–Crippen MR) is 97.7 cm³/mol. The first-order valence-corrected chi connectivity index (χ1v) is 8.88. The zero-order valence-corrected chi connectivity index (χ0v) is 15.2. The van der Waals surface area contributed by atoms with Crippen molar-refractivity contribution >= 4 is 23.7 Å². The van der Waals surface area contributed by atoms with Gasteiger partial charge in [-0.3, -0.25) is 0 Å². The van der Waals surface area contributed by atoms with E-state index in [2.05, 4.69) is 26.2 Å². The molecule has 4 rings (SSSR count). The molecule has 2 aromatic heterocycles. The van der Waals surface area contributed by atoms with Gasteiger partial charge in [0.15, 0.2) is 0 Å². The van der Waals surface area contributed by atoms with Crippen LogP contribution in [0.3, 0.4) is 0 Å². The van der Waals surface area contributed by atoms with Gasteiger partial charge in [-0.15, -0.1) is 28.8 Å². The van der Waals surface area contributed by atoms with Gasteiger partial charge in [-0.05, 0) is 54.1 Å². The standard InChI is InChI=1S/C16H18N6OS.ClH/c1-2-12(8-17-7-1)16-19-13(10-24-16)9-23-15-5-3-14(4-6-15)22-11-18-20-21-22;/h3-6,10-12,17H,1-2,7-9H2;1H. The second-order valence-corrected chi connectivity index (χ2v) is 6.65. The largest absolute Gasteiger partial charge is 0.487 e. The molecule has 1 saturated heterocycles. The van der Waals surface area contributed by atoms with Gasteiger partial charge in [-0.2, -0.15) is 0 Å². The van der Waals surface area contributed by atoms with Crippen LogP contribution in [-0.2, 0) is 6.61 Å². The maximum absolute atomic E-state index is 5.83. The van der Waals surface area contributed by atoms with Crippen LogP contribution in [0.1, 0.15) is 29.5 Å².